The third-order valence-corrected chi connectivity index (χ3v) is 4.87. The molecule has 0 aliphatic carbocycles. The normalized spacial score (nSPS) is 15.4. The maximum atomic E-state index is 13.8. The molecule has 1 aliphatic rings. The average Bonchev–Trinajstić information content (AvgIpc) is 2.70. The molecule has 2 heterocycles. The van der Waals surface area contributed by atoms with E-state index in [2.05, 4.69) is 22.0 Å². The summed E-state index contributed by atoms with van der Waals surface area (Å²) in [5, 5.41) is 10.9. The second kappa shape index (κ2) is 7.72. The quantitative estimate of drug-likeness (QED) is 0.717. The first kappa shape index (κ1) is 17.4. The molecule has 0 spiro atoms. The fourth-order valence-electron chi connectivity index (χ4n) is 3.32. The monoisotopic (exact) mass is 360 g/mol. The number of aromatic hydroxyl groups is 1. The molecule has 0 fully saturated rings. The number of hydrogen-bond donors (Lipinski definition) is 1. The first-order valence-electron chi connectivity index (χ1n) is 9.11. The van der Waals surface area contributed by atoms with Crippen LogP contribution in [0.5, 0.6) is 5.75 Å². The topological polar surface area (TPSA) is 36.4 Å². The lowest BCUT2D eigenvalue weighted by atomic mass is 10.1. The molecule has 0 radical (unpaired) electrons. The van der Waals surface area contributed by atoms with E-state index in [0.29, 0.717) is 12.1 Å². The zero-order chi connectivity index (χ0) is 18.6. The van der Waals surface area contributed by atoms with Crippen molar-refractivity contribution < 1.29 is 9.50 Å². The van der Waals surface area contributed by atoms with Gasteiger partial charge in [0.05, 0.1) is 5.69 Å². The molecule has 0 bridgehead atoms. The van der Waals surface area contributed by atoms with E-state index in [9.17, 15) is 9.50 Å². The summed E-state index contributed by atoms with van der Waals surface area (Å²) in [5.74, 6) is 0.0567. The molecule has 2 aromatic carbocycles. The van der Waals surface area contributed by atoms with E-state index in [-0.39, 0.29) is 11.6 Å². The number of rotatable bonds is 4. The van der Waals surface area contributed by atoms with Crippen LogP contribution in [0.3, 0.4) is 0 Å². The van der Waals surface area contributed by atoms with Crippen molar-refractivity contribution in [1.29, 1.82) is 0 Å². The van der Waals surface area contributed by atoms with Crippen LogP contribution < -0.4 is 0 Å². The molecule has 3 aromatic rings. The van der Waals surface area contributed by atoms with Crippen LogP contribution >= 0.6 is 0 Å². The van der Waals surface area contributed by atoms with Crippen molar-refractivity contribution >= 4 is 17.0 Å². The van der Waals surface area contributed by atoms with Gasteiger partial charge in [-0.2, -0.15) is 0 Å². The molecular formula is C23H21FN2O. The summed E-state index contributed by atoms with van der Waals surface area (Å²) in [6.45, 7) is 2.34. The minimum Gasteiger partial charge on any atom is -0.506 e. The second-order valence-corrected chi connectivity index (χ2v) is 6.77. The van der Waals surface area contributed by atoms with Gasteiger partial charge in [0.25, 0.3) is 0 Å². The fourth-order valence-corrected chi connectivity index (χ4v) is 3.32. The molecule has 27 heavy (non-hydrogen) atoms. The number of halogens is 1. The van der Waals surface area contributed by atoms with Crippen LogP contribution in [0.15, 0.2) is 72.3 Å². The molecule has 1 aliphatic heterocycles. The molecule has 1 N–H and O–H groups in total. The largest absolute Gasteiger partial charge is 0.506 e. The second-order valence-electron chi connectivity index (χ2n) is 6.77. The fraction of sp³-hybridized carbons (Fsp3) is 0.174. The maximum absolute atomic E-state index is 13.8. The number of fused-ring (bicyclic) bond motifs is 1. The molecule has 0 amide bonds. The number of hydrogen-bond acceptors (Lipinski definition) is 3. The Bertz CT molecular complexity index is 1030. The van der Waals surface area contributed by atoms with Gasteiger partial charge in [0.1, 0.15) is 17.1 Å². The SMILES string of the molecule is Oc1cccc2ccc(C=CC3=CCN(Cc4ccccc4F)CC3)nc12. The van der Waals surface area contributed by atoms with Crippen LogP contribution in [-0.2, 0) is 6.54 Å². The van der Waals surface area contributed by atoms with Crippen LogP contribution in [0.25, 0.3) is 17.0 Å². The van der Waals surface area contributed by atoms with E-state index in [1.807, 2.05) is 42.5 Å². The highest BCUT2D eigenvalue weighted by Gasteiger charge is 2.12. The van der Waals surface area contributed by atoms with Gasteiger partial charge in [0.2, 0.25) is 0 Å². The summed E-state index contributed by atoms with van der Waals surface area (Å²) >= 11 is 0. The van der Waals surface area contributed by atoms with Crippen LogP contribution in [0.2, 0.25) is 0 Å². The number of pyridine rings is 1. The van der Waals surface area contributed by atoms with Gasteiger partial charge in [-0.1, -0.05) is 48.6 Å². The van der Waals surface area contributed by atoms with Gasteiger partial charge < -0.3 is 5.11 Å². The molecule has 0 unspecified atom stereocenters. The van der Waals surface area contributed by atoms with E-state index >= 15 is 0 Å². The zero-order valence-electron chi connectivity index (χ0n) is 15.0. The first-order valence-corrected chi connectivity index (χ1v) is 9.11. The summed E-state index contributed by atoms with van der Waals surface area (Å²) in [6, 6.07) is 16.3. The summed E-state index contributed by atoms with van der Waals surface area (Å²) in [6.07, 6.45) is 7.15. The Balaban J connectivity index is 1.42. The van der Waals surface area contributed by atoms with Crippen LogP contribution in [0.1, 0.15) is 17.7 Å². The molecule has 0 saturated carbocycles. The number of phenolic OH excluding ortho intramolecular Hbond substituents is 1. The standard InChI is InChI=1S/C23H21FN2O/c24-21-6-2-1-4-19(21)16-26-14-12-17(13-15-26)8-10-20-11-9-18-5-3-7-22(27)23(18)25-20/h1-12,27H,13-16H2. The van der Waals surface area contributed by atoms with Crippen LogP contribution in [0.4, 0.5) is 4.39 Å². The third kappa shape index (κ3) is 4.07. The van der Waals surface area contributed by atoms with Crippen molar-refractivity contribution in [3.63, 3.8) is 0 Å². The number of para-hydroxylation sites is 1. The third-order valence-electron chi connectivity index (χ3n) is 4.87. The van der Waals surface area contributed by atoms with Crippen molar-refractivity contribution in [2.24, 2.45) is 0 Å². The Hall–Kier alpha value is -2.98. The van der Waals surface area contributed by atoms with Crippen molar-refractivity contribution in [2.45, 2.75) is 13.0 Å². The number of aromatic nitrogens is 1. The average molecular weight is 360 g/mol. The maximum Gasteiger partial charge on any atom is 0.141 e. The van der Waals surface area contributed by atoms with E-state index in [1.54, 1.807) is 12.1 Å². The van der Waals surface area contributed by atoms with E-state index in [0.717, 1.165) is 36.2 Å². The molecule has 3 nitrogen and oxygen atoms in total. The van der Waals surface area contributed by atoms with Gasteiger partial charge in [0.15, 0.2) is 0 Å². The summed E-state index contributed by atoms with van der Waals surface area (Å²) in [7, 11) is 0. The lowest BCUT2D eigenvalue weighted by molar-refractivity contribution is 0.283. The van der Waals surface area contributed by atoms with E-state index in [4.69, 9.17) is 0 Å². The van der Waals surface area contributed by atoms with Crippen LogP contribution in [0, 0.1) is 5.82 Å². The molecular weight excluding hydrogens is 339 g/mol. The van der Waals surface area contributed by atoms with E-state index in [1.165, 1.54) is 11.6 Å². The van der Waals surface area contributed by atoms with Crippen molar-refractivity contribution in [3.05, 3.63) is 89.4 Å². The minimum absolute atomic E-state index is 0.141. The van der Waals surface area contributed by atoms with Gasteiger partial charge in [-0.15, -0.1) is 0 Å². The lowest BCUT2D eigenvalue weighted by Gasteiger charge is -2.25. The van der Waals surface area contributed by atoms with Gasteiger partial charge in [-0.05, 0) is 36.3 Å². The van der Waals surface area contributed by atoms with Crippen LogP contribution in [-0.4, -0.2) is 28.1 Å². The van der Waals surface area contributed by atoms with Gasteiger partial charge >= 0.3 is 0 Å². The predicted octanol–water partition coefficient (Wildman–Crippen LogP) is 4.93. The molecule has 0 saturated heterocycles. The number of phenols is 1. The molecule has 4 heteroatoms. The van der Waals surface area contributed by atoms with Crippen molar-refractivity contribution in [2.75, 3.05) is 13.1 Å². The zero-order valence-corrected chi connectivity index (χ0v) is 15.0. The highest BCUT2D eigenvalue weighted by Crippen LogP contribution is 2.23. The highest BCUT2D eigenvalue weighted by atomic mass is 19.1. The molecule has 136 valence electrons. The Morgan fingerprint density at radius 2 is 1.93 bits per heavy atom. The van der Waals surface area contributed by atoms with Crippen molar-refractivity contribution in [3.8, 4) is 5.75 Å². The minimum atomic E-state index is -0.141. The Morgan fingerprint density at radius 3 is 2.74 bits per heavy atom. The molecule has 0 atom stereocenters. The smallest absolute Gasteiger partial charge is 0.141 e. The van der Waals surface area contributed by atoms with E-state index < -0.39 is 0 Å². The Kier molecular flexibility index (Phi) is 4.99. The first-order chi connectivity index (χ1) is 13.2. The van der Waals surface area contributed by atoms with Gasteiger partial charge in [-0.3, -0.25) is 4.90 Å². The number of nitrogens with zero attached hydrogens (tertiary/aromatic N) is 2. The number of allylic oxidation sites excluding steroid dienone is 1. The molecule has 1 aromatic heterocycles. The summed E-state index contributed by atoms with van der Waals surface area (Å²) < 4.78 is 13.8. The van der Waals surface area contributed by atoms with Gasteiger partial charge in [-0.25, -0.2) is 9.37 Å². The van der Waals surface area contributed by atoms with Crippen molar-refractivity contribution in [1.82, 2.24) is 9.88 Å². The molecule has 4 rings (SSSR count). The number of benzene rings is 2. The predicted molar refractivity (Wildman–Crippen MR) is 107 cm³/mol. The Morgan fingerprint density at radius 1 is 1.04 bits per heavy atom. The van der Waals surface area contributed by atoms with Gasteiger partial charge in [0, 0.05) is 30.6 Å². The Labute approximate surface area is 158 Å². The summed E-state index contributed by atoms with van der Waals surface area (Å²) in [5.41, 5.74) is 3.43. The lowest BCUT2D eigenvalue weighted by Crippen LogP contribution is -2.28. The highest BCUT2D eigenvalue weighted by molar-refractivity contribution is 5.85. The summed E-state index contributed by atoms with van der Waals surface area (Å²) in [4.78, 5) is 6.76.